The lowest BCUT2D eigenvalue weighted by atomic mass is 9.71. The largest absolute Gasteiger partial charge is 0.478 e. The first-order chi connectivity index (χ1) is 37.9. The van der Waals surface area contributed by atoms with Gasteiger partial charge in [-0.25, -0.2) is 57.5 Å². The molecule has 0 saturated heterocycles. The highest BCUT2D eigenvalue weighted by molar-refractivity contribution is 6.17. The monoisotopic (exact) mass is 1160 g/mol. The van der Waals surface area contributed by atoms with E-state index in [-0.39, 0.29) is 47.5 Å². The van der Waals surface area contributed by atoms with Gasteiger partial charge in [0.1, 0.15) is 22.6 Å². The number of hydrogen-bond donors (Lipinski definition) is 12. The van der Waals surface area contributed by atoms with Crippen molar-refractivity contribution in [1.29, 1.82) is 0 Å². The predicted molar refractivity (Wildman–Crippen MR) is 254 cm³/mol. The van der Waals surface area contributed by atoms with Crippen LogP contribution in [0.5, 0.6) is 11.5 Å². The van der Waals surface area contributed by atoms with E-state index in [2.05, 4.69) is 0 Å². The fourth-order valence-corrected chi connectivity index (χ4v) is 7.77. The molecule has 0 radical (unpaired) electrons. The summed E-state index contributed by atoms with van der Waals surface area (Å²) in [6.07, 6.45) is -12.5. The third kappa shape index (κ3) is 12.7. The van der Waals surface area contributed by atoms with Crippen LogP contribution in [0.15, 0.2) is 109 Å². The van der Waals surface area contributed by atoms with E-state index >= 15 is 0 Å². The topological polar surface area (TPSA) is 457 Å². The molecule has 0 aromatic heterocycles. The molecule has 0 aliphatic heterocycles. The number of carbonyl (C=O) groups is 12. The highest BCUT2D eigenvalue weighted by atomic mass is 19.4. The molecule has 0 atom stereocenters. The zero-order valence-corrected chi connectivity index (χ0v) is 39.8. The van der Waals surface area contributed by atoms with E-state index in [1.54, 1.807) is 18.2 Å². The molecular formula is C51H30F6O25. The van der Waals surface area contributed by atoms with Gasteiger partial charge in [-0.15, -0.1) is 0 Å². The van der Waals surface area contributed by atoms with E-state index in [1.807, 2.05) is 0 Å². The Hall–Kier alpha value is -11.7. The molecule has 0 aliphatic carbocycles. The SMILES string of the molecule is O=C(O)c1cc(-c2ccccc2)c(C(=O)O)c(C(=O)O)c1C(=O)O.O=C(O)c1ccc(C(c2ccc(C(=O)O)c(C(=O)O)c2)(C(F)(F)F)C(F)(F)F)cc1C(=O)O.O=C(O)c1cccc(Oc2cccc(C(=O)O)c2C(=O)O)c1C(=O)O. The summed E-state index contributed by atoms with van der Waals surface area (Å²) in [5, 5.41) is 110. The van der Waals surface area contributed by atoms with E-state index in [0.717, 1.165) is 30.3 Å². The lowest BCUT2D eigenvalue weighted by Gasteiger charge is -2.38. The number of carboxylic acids is 12. The zero-order chi connectivity index (χ0) is 62.3. The van der Waals surface area contributed by atoms with Crippen LogP contribution in [0, 0.1) is 0 Å². The lowest BCUT2D eigenvalue weighted by Crippen LogP contribution is -2.55. The van der Waals surface area contributed by atoms with Gasteiger partial charge in [0.2, 0.25) is 5.41 Å². The second-order valence-corrected chi connectivity index (χ2v) is 15.9. The Morgan fingerprint density at radius 3 is 0.915 bits per heavy atom. The lowest BCUT2D eigenvalue weighted by molar-refractivity contribution is -0.288. The molecule has 0 saturated carbocycles. The van der Waals surface area contributed by atoms with E-state index in [0.29, 0.717) is 0 Å². The first-order valence-corrected chi connectivity index (χ1v) is 21.4. The Bertz CT molecular complexity index is 3530. The van der Waals surface area contributed by atoms with E-state index in [4.69, 9.17) is 35.4 Å². The maximum atomic E-state index is 14.2. The number of benzene rings is 6. The number of alkyl halides is 6. The molecule has 426 valence electrons. The summed E-state index contributed by atoms with van der Waals surface area (Å²) >= 11 is 0. The average Bonchev–Trinajstić information content (AvgIpc) is 3.09. The minimum Gasteiger partial charge on any atom is -0.478 e. The Morgan fingerprint density at radius 1 is 0.293 bits per heavy atom. The molecule has 6 aromatic carbocycles. The molecule has 6 rings (SSSR count). The van der Waals surface area contributed by atoms with Crippen LogP contribution < -0.4 is 4.74 Å². The zero-order valence-electron chi connectivity index (χ0n) is 39.8. The fourth-order valence-electron chi connectivity index (χ4n) is 7.77. The smallest absolute Gasteiger partial charge is 0.411 e. The molecule has 31 heteroatoms. The Labute approximate surface area is 448 Å². The maximum Gasteiger partial charge on any atom is 0.411 e. The van der Waals surface area contributed by atoms with Crippen molar-refractivity contribution in [3.05, 3.63) is 187 Å². The minimum atomic E-state index is -6.27. The molecule has 0 heterocycles. The van der Waals surface area contributed by atoms with Crippen LogP contribution in [0.2, 0.25) is 0 Å². The molecular weight excluding hydrogens is 1130 g/mol. The van der Waals surface area contributed by atoms with E-state index in [1.165, 1.54) is 24.3 Å². The van der Waals surface area contributed by atoms with Crippen LogP contribution in [0.25, 0.3) is 11.1 Å². The molecule has 0 unspecified atom stereocenters. The van der Waals surface area contributed by atoms with Gasteiger partial charge < -0.3 is 66.0 Å². The van der Waals surface area contributed by atoms with Gasteiger partial charge in [0, 0.05) is 0 Å². The normalized spacial score (nSPS) is 11.0. The van der Waals surface area contributed by atoms with Crippen molar-refractivity contribution in [2.24, 2.45) is 0 Å². The molecule has 0 aliphatic rings. The summed E-state index contributed by atoms with van der Waals surface area (Å²) in [5.41, 5.74) is -19.7. The number of ether oxygens (including phenoxy) is 1. The summed E-state index contributed by atoms with van der Waals surface area (Å²) in [6.45, 7) is 0. The Kier molecular flexibility index (Phi) is 18.7. The third-order valence-electron chi connectivity index (χ3n) is 11.1. The molecule has 0 spiro atoms. The van der Waals surface area contributed by atoms with E-state index < -0.39 is 179 Å². The molecule has 6 aromatic rings. The van der Waals surface area contributed by atoms with Crippen molar-refractivity contribution in [3.63, 3.8) is 0 Å². The van der Waals surface area contributed by atoms with Crippen LogP contribution in [0.1, 0.15) is 135 Å². The summed E-state index contributed by atoms with van der Waals surface area (Å²) in [5.74, 6) is -22.3. The van der Waals surface area contributed by atoms with Gasteiger partial charge in [-0.1, -0.05) is 54.6 Å². The molecule has 25 nitrogen and oxygen atoms in total. The summed E-state index contributed by atoms with van der Waals surface area (Å²) in [6, 6.07) is 15.7. The molecule has 82 heavy (non-hydrogen) atoms. The molecule has 0 amide bonds. The third-order valence-corrected chi connectivity index (χ3v) is 11.1. The van der Waals surface area contributed by atoms with Crippen molar-refractivity contribution in [3.8, 4) is 22.6 Å². The number of hydrogen-bond acceptors (Lipinski definition) is 13. The second kappa shape index (κ2) is 24.3. The standard InChI is InChI=1S/C19H10F6O8.C16H10O9.C16H10O8/c20-18(21,22)17(19(23,24)25,7-1-3-9(13(26)27)11(5-7)15(30)31)8-2-4-10(14(28)29)12(6-8)16(32)33;17-13(18)7-3-1-5-9(11(7)15(21)22)25-10-6-2-4-8(14(19)20)12(10)16(23)24;17-13(18)9-6-8(7-4-2-1-3-5-7)10(14(19)20)12(16(23)24)11(9)15(21)22/h1-6H,(H,26,27)(H,28,29)(H,30,31)(H,32,33);1-6H,(H,17,18)(H,19,20)(H,21,22)(H,23,24);1-6H,(H,17,18)(H,19,20)(H,21,22)(H,23,24). The highest BCUT2D eigenvalue weighted by Gasteiger charge is 2.72. The van der Waals surface area contributed by atoms with Gasteiger partial charge in [0.05, 0.1) is 55.6 Å². The average molecular weight is 1160 g/mol. The first-order valence-electron chi connectivity index (χ1n) is 21.4. The number of carboxylic acid groups (broad SMARTS) is 12. The summed E-state index contributed by atoms with van der Waals surface area (Å²) < 4.78 is 90.3. The van der Waals surface area contributed by atoms with Crippen LogP contribution in [0.3, 0.4) is 0 Å². The van der Waals surface area contributed by atoms with Gasteiger partial charge in [-0.2, -0.15) is 26.3 Å². The Balaban J connectivity index is 0.000000269. The quantitative estimate of drug-likeness (QED) is 0.0382. The highest BCUT2D eigenvalue weighted by Crippen LogP contribution is 2.56. The first kappa shape index (κ1) is 62.9. The summed E-state index contributed by atoms with van der Waals surface area (Å²) in [4.78, 5) is 136. The van der Waals surface area contributed by atoms with Crippen LogP contribution in [-0.4, -0.2) is 145 Å². The van der Waals surface area contributed by atoms with Gasteiger partial charge in [-0.3, -0.25) is 0 Å². The van der Waals surface area contributed by atoms with Crippen molar-refractivity contribution >= 4 is 71.6 Å². The summed E-state index contributed by atoms with van der Waals surface area (Å²) in [7, 11) is 0. The van der Waals surface area contributed by atoms with Crippen molar-refractivity contribution in [1.82, 2.24) is 0 Å². The van der Waals surface area contributed by atoms with Crippen molar-refractivity contribution in [2.45, 2.75) is 17.8 Å². The van der Waals surface area contributed by atoms with Crippen LogP contribution in [-0.2, 0) is 5.41 Å². The number of rotatable bonds is 17. The minimum absolute atomic E-state index is 0.0996. The molecule has 12 N–H and O–H groups in total. The van der Waals surface area contributed by atoms with Crippen LogP contribution >= 0.6 is 0 Å². The Morgan fingerprint density at radius 2 is 0.622 bits per heavy atom. The number of halogens is 6. The molecule has 0 fully saturated rings. The van der Waals surface area contributed by atoms with Crippen molar-refractivity contribution < 1.29 is 150 Å². The predicted octanol–water partition coefficient (Wildman–Crippen LogP) is 8.31. The maximum absolute atomic E-state index is 14.2. The second-order valence-electron chi connectivity index (χ2n) is 15.9. The molecule has 0 bridgehead atoms. The number of aromatic carboxylic acids is 12. The van der Waals surface area contributed by atoms with Gasteiger partial charge >= 0.3 is 84.0 Å². The van der Waals surface area contributed by atoms with Crippen molar-refractivity contribution in [2.75, 3.05) is 0 Å². The van der Waals surface area contributed by atoms with Gasteiger partial charge in [0.25, 0.3) is 0 Å². The van der Waals surface area contributed by atoms with E-state index in [9.17, 15) is 115 Å². The fraction of sp³-hybridized carbons (Fsp3) is 0.0588. The van der Waals surface area contributed by atoms with Crippen LogP contribution in [0.4, 0.5) is 26.3 Å². The van der Waals surface area contributed by atoms with Gasteiger partial charge in [0.15, 0.2) is 0 Å². The van der Waals surface area contributed by atoms with Gasteiger partial charge in [-0.05, 0) is 76.9 Å².